The van der Waals surface area contributed by atoms with Crippen LogP contribution < -0.4 is 14.4 Å². The number of hydrogen-bond acceptors (Lipinski definition) is 6. The van der Waals surface area contributed by atoms with Crippen LogP contribution in [-0.4, -0.2) is 57.1 Å². The predicted molar refractivity (Wildman–Crippen MR) is 124 cm³/mol. The highest BCUT2D eigenvalue weighted by Crippen LogP contribution is 2.33. The van der Waals surface area contributed by atoms with Crippen LogP contribution in [0.2, 0.25) is 0 Å². The largest absolute Gasteiger partial charge is 0.486 e. The molecule has 1 saturated heterocycles. The summed E-state index contributed by atoms with van der Waals surface area (Å²) in [5, 5.41) is 1.17. The first kappa shape index (κ1) is 21.0. The van der Waals surface area contributed by atoms with E-state index in [1.165, 1.54) is 20.8 Å². The molecular formula is C24H27N3O4S. The molecule has 168 valence electrons. The molecule has 0 aliphatic carbocycles. The van der Waals surface area contributed by atoms with Crippen LogP contribution in [0.5, 0.6) is 11.5 Å². The smallest absolute Gasteiger partial charge is 0.243 e. The minimum absolute atomic E-state index is 0.237. The van der Waals surface area contributed by atoms with Gasteiger partial charge in [-0.3, -0.25) is 0 Å². The number of fused-ring (bicyclic) bond motifs is 2. The second kappa shape index (κ2) is 7.94. The van der Waals surface area contributed by atoms with Crippen LogP contribution in [0.3, 0.4) is 0 Å². The number of ether oxygens (including phenoxy) is 2. The fraction of sp³-hybridized carbons (Fsp3) is 0.375. The number of rotatable bonds is 3. The van der Waals surface area contributed by atoms with Crippen LogP contribution >= 0.6 is 0 Å². The molecule has 32 heavy (non-hydrogen) atoms. The van der Waals surface area contributed by atoms with Gasteiger partial charge in [0.25, 0.3) is 0 Å². The molecule has 1 aromatic heterocycles. The Kier molecular flexibility index (Phi) is 5.22. The van der Waals surface area contributed by atoms with Crippen molar-refractivity contribution in [2.45, 2.75) is 25.7 Å². The number of piperazine rings is 1. The zero-order chi connectivity index (χ0) is 22.5. The number of sulfonamides is 1. The Morgan fingerprint density at radius 1 is 0.844 bits per heavy atom. The van der Waals surface area contributed by atoms with Crippen LogP contribution in [0, 0.1) is 20.8 Å². The van der Waals surface area contributed by atoms with Gasteiger partial charge in [-0.25, -0.2) is 13.4 Å². The number of hydrogen-bond donors (Lipinski definition) is 0. The molecule has 0 radical (unpaired) electrons. The number of benzene rings is 2. The van der Waals surface area contributed by atoms with Gasteiger partial charge in [-0.15, -0.1) is 0 Å². The van der Waals surface area contributed by atoms with E-state index in [1.54, 1.807) is 18.2 Å². The molecule has 8 heteroatoms. The predicted octanol–water partition coefficient (Wildman–Crippen LogP) is 3.44. The Morgan fingerprint density at radius 3 is 2.31 bits per heavy atom. The Labute approximate surface area is 188 Å². The Morgan fingerprint density at radius 2 is 1.56 bits per heavy atom. The maximum absolute atomic E-state index is 13.2. The Bertz CT molecular complexity index is 1300. The van der Waals surface area contributed by atoms with E-state index >= 15 is 0 Å². The molecule has 0 spiro atoms. The summed E-state index contributed by atoms with van der Waals surface area (Å²) in [5.41, 5.74) is 4.58. The molecule has 1 fully saturated rings. The quantitative estimate of drug-likeness (QED) is 0.605. The molecule has 3 aromatic rings. The van der Waals surface area contributed by atoms with E-state index in [9.17, 15) is 8.42 Å². The number of pyridine rings is 1. The SMILES string of the molecule is Cc1cc(C)c2nc(N3CCN(S(=O)(=O)c4ccc5c(c4)OCCO5)CC3)cc(C)c2c1. The first-order valence-electron chi connectivity index (χ1n) is 10.9. The topological polar surface area (TPSA) is 72.0 Å². The van der Waals surface area contributed by atoms with Crippen molar-refractivity contribution in [1.29, 1.82) is 0 Å². The van der Waals surface area contributed by atoms with Gasteiger partial charge >= 0.3 is 0 Å². The first-order valence-corrected chi connectivity index (χ1v) is 12.3. The molecule has 0 bridgehead atoms. The molecule has 3 heterocycles. The van der Waals surface area contributed by atoms with Crippen molar-refractivity contribution in [3.8, 4) is 11.5 Å². The van der Waals surface area contributed by atoms with Gasteiger partial charge in [0.15, 0.2) is 11.5 Å². The summed E-state index contributed by atoms with van der Waals surface area (Å²) in [5.74, 6) is 1.97. The molecule has 5 rings (SSSR count). The molecule has 2 aromatic carbocycles. The highest BCUT2D eigenvalue weighted by Gasteiger charge is 2.30. The van der Waals surface area contributed by atoms with E-state index in [-0.39, 0.29) is 4.90 Å². The summed E-state index contributed by atoms with van der Waals surface area (Å²) in [6.07, 6.45) is 0. The molecule has 0 amide bonds. The summed E-state index contributed by atoms with van der Waals surface area (Å²) in [6, 6.07) is 11.3. The van der Waals surface area contributed by atoms with Crippen molar-refractivity contribution >= 4 is 26.7 Å². The van der Waals surface area contributed by atoms with E-state index in [2.05, 4.69) is 43.9 Å². The number of anilines is 1. The molecule has 2 aliphatic rings. The molecule has 2 aliphatic heterocycles. The first-order chi connectivity index (χ1) is 15.3. The lowest BCUT2D eigenvalue weighted by Gasteiger charge is -2.35. The van der Waals surface area contributed by atoms with Crippen molar-refractivity contribution in [2.24, 2.45) is 0 Å². The minimum atomic E-state index is -3.60. The third-order valence-electron chi connectivity index (χ3n) is 6.16. The second-order valence-electron chi connectivity index (χ2n) is 8.47. The third-order valence-corrected chi connectivity index (χ3v) is 8.05. The third kappa shape index (κ3) is 3.67. The van der Waals surface area contributed by atoms with Crippen LogP contribution in [0.25, 0.3) is 10.9 Å². The maximum Gasteiger partial charge on any atom is 0.243 e. The lowest BCUT2D eigenvalue weighted by Crippen LogP contribution is -2.49. The van der Waals surface area contributed by atoms with Crippen LogP contribution in [0.4, 0.5) is 5.82 Å². The number of nitrogens with zero attached hydrogens (tertiary/aromatic N) is 3. The molecule has 0 unspecified atom stereocenters. The minimum Gasteiger partial charge on any atom is -0.486 e. The molecule has 0 N–H and O–H groups in total. The number of aromatic nitrogens is 1. The summed E-state index contributed by atoms with van der Waals surface area (Å²) in [7, 11) is -3.60. The van der Waals surface area contributed by atoms with Gasteiger partial charge in [-0.05, 0) is 56.2 Å². The maximum atomic E-state index is 13.2. The summed E-state index contributed by atoms with van der Waals surface area (Å²) < 4.78 is 39.0. The normalized spacial score (nSPS) is 17.0. The standard InChI is InChI=1S/C24H27N3O4S/c1-16-12-18(3)24-20(13-16)17(2)14-23(25-24)26-6-8-27(9-7-26)32(28,29)19-4-5-21-22(15-19)31-11-10-30-21/h4-5,12-15H,6-11H2,1-3H3. The summed E-state index contributed by atoms with van der Waals surface area (Å²) >= 11 is 0. The van der Waals surface area contributed by atoms with Gasteiger partial charge in [-0.1, -0.05) is 11.6 Å². The van der Waals surface area contributed by atoms with E-state index in [1.807, 2.05) is 0 Å². The van der Waals surface area contributed by atoms with Crippen molar-refractivity contribution < 1.29 is 17.9 Å². The van der Waals surface area contributed by atoms with E-state index in [4.69, 9.17) is 14.5 Å². The van der Waals surface area contributed by atoms with Crippen molar-refractivity contribution in [2.75, 3.05) is 44.3 Å². The van der Waals surface area contributed by atoms with E-state index in [0.29, 0.717) is 50.9 Å². The van der Waals surface area contributed by atoms with Crippen molar-refractivity contribution in [1.82, 2.24) is 9.29 Å². The van der Waals surface area contributed by atoms with Gasteiger partial charge in [0.1, 0.15) is 19.0 Å². The van der Waals surface area contributed by atoms with E-state index in [0.717, 1.165) is 16.9 Å². The zero-order valence-electron chi connectivity index (χ0n) is 18.6. The van der Waals surface area contributed by atoms with Gasteiger partial charge in [0.2, 0.25) is 10.0 Å². The molecule has 0 saturated carbocycles. The average Bonchev–Trinajstić information content (AvgIpc) is 2.79. The van der Waals surface area contributed by atoms with Gasteiger partial charge in [0, 0.05) is 37.6 Å². The molecule has 0 atom stereocenters. The van der Waals surface area contributed by atoms with Crippen molar-refractivity contribution in [3.05, 3.63) is 53.1 Å². The van der Waals surface area contributed by atoms with Crippen LogP contribution in [-0.2, 0) is 10.0 Å². The average molecular weight is 454 g/mol. The molecular weight excluding hydrogens is 426 g/mol. The summed E-state index contributed by atoms with van der Waals surface area (Å²) in [6.45, 7) is 9.18. The zero-order valence-corrected chi connectivity index (χ0v) is 19.4. The monoisotopic (exact) mass is 453 g/mol. The van der Waals surface area contributed by atoms with Crippen molar-refractivity contribution in [3.63, 3.8) is 0 Å². The summed E-state index contributed by atoms with van der Waals surface area (Å²) in [4.78, 5) is 7.33. The highest BCUT2D eigenvalue weighted by atomic mass is 32.2. The second-order valence-corrected chi connectivity index (χ2v) is 10.4. The van der Waals surface area contributed by atoms with Gasteiger partial charge in [0.05, 0.1) is 10.4 Å². The Balaban J connectivity index is 1.36. The Hall–Kier alpha value is -2.84. The van der Waals surface area contributed by atoms with E-state index < -0.39 is 10.0 Å². The van der Waals surface area contributed by atoms with Crippen LogP contribution in [0.15, 0.2) is 41.3 Å². The molecule has 7 nitrogen and oxygen atoms in total. The fourth-order valence-corrected chi connectivity index (χ4v) is 5.92. The lowest BCUT2D eigenvalue weighted by atomic mass is 10.0. The van der Waals surface area contributed by atoms with Gasteiger partial charge < -0.3 is 14.4 Å². The lowest BCUT2D eigenvalue weighted by molar-refractivity contribution is 0.171. The van der Waals surface area contributed by atoms with Gasteiger partial charge in [-0.2, -0.15) is 4.31 Å². The van der Waals surface area contributed by atoms with Crippen LogP contribution in [0.1, 0.15) is 16.7 Å². The number of aryl methyl sites for hydroxylation is 3. The highest BCUT2D eigenvalue weighted by molar-refractivity contribution is 7.89. The fourth-order valence-electron chi connectivity index (χ4n) is 4.48.